The molecule has 0 aromatic carbocycles. The summed E-state index contributed by atoms with van der Waals surface area (Å²) in [5, 5.41) is 15.8. The van der Waals surface area contributed by atoms with E-state index in [0.717, 1.165) is 5.69 Å². The smallest absolute Gasteiger partial charge is 0.233 e. The second-order valence-corrected chi connectivity index (χ2v) is 4.24. The molecule has 3 N–H and O–H groups in total. The van der Waals surface area contributed by atoms with Crippen LogP contribution in [0.4, 0.5) is 0 Å². The Hall–Kier alpha value is -1.58. The third kappa shape index (κ3) is 2.33. The minimum absolute atomic E-state index is 0.363. The summed E-state index contributed by atoms with van der Waals surface area (Å²) in [5.74, 6) is 6.01. The average Bonchev–Trinajstić information content (AvgIpc) is 2.72. The molecule has 9 heteroatoms. The summed E-state index contributed by atoms with van der Waals surface area (Å²) in [5.41, 5.74) is 4.07. The van der Waals surface area contributed by atoms with Crippen molar-refractivity contribution in [2.24, 2.45) is 12.9 Å². The first-order valence-corrected chi connectivity index (χ1v) is 5.85. The molecule has 0 radical (unpaired) electrons. The van der Waals surface area contributed by atoms with Crippen molar-refractivity contribution in [2.45, 2.75) is 6.04 Å². The van der Waals surface area contributed by atoms with Crippen LogP contribution in [0.2, 0.25) is 0 Å². The maximum atomic E-state index is 5.57. The standard InChI is InChI=1S/C9H12BrN7O/c1-17-8(9(10)15-16-17)7(12-11)5-3-4-6(18-2)14-13-5/h3-4,7,12H,11H2,1-2H3. The van der Waals surface area contributed by atoms with Crippen LogP contribution in [-0.2, 0) is 7.05 Å². The zero-order chi connectivity index (χ0) is 13.1. The van der Waals surface area contributed by atoms with Crippen molar-refractivity contribution in [1.29, 1.82) is 0 Å². The van der Waals surface area contributed by atoms with Crippen molar-refractivity contribution >= 4 is 15.9 Å². The van der Waals surface area contributed by atoms with Crippen LogP contribution in [0.25, 0.3) is 0 Å². The van der Waals surface area contributed by atoms with Gasteiger partial charge >= 0.3 is 0 Å². The molecule has 2 aromatic rings. The number of hydrazine groups is 1. The molecule has 0 aliphatic heterocycles. The summed E-state index contributed by atoms with van der Waals surface area (Å²) < 4.78 is 7.17. The molecule has 2 heterocycles. The zero-order valence-electron chi connectivity index (χ0n) is 9.83. The number of rotatable bonds is 4. The molecular weight excluding hydrogens is 302 g/mol. The number of aromatic nitrogens is 5. The quantitative estimate of drug-likeness (QED) is 0.601. The van der Waals surface area contributed by atoms with Gasteiger partial charge in [-0.05, 0) is 22.0 Å². The van der Waals surface area contributed by atoms with Crippen molar-refractivity contribution in [3.05, 3.63) is 28.1 Å². The van der Waals surface area contributed by atoms with E-state index in [1.807, 2.05) is 0 Å². The van der Waals surface area contributed by atoms with Crippen molar-refractivity contribution in [3.63, 3.8) is 0 Å². The third-order valence-electron chi connectivity index (χ3n) is 2.43. The van der Waals surface area contributed by atoms with Gasteiger partial charge in [-0.3, -0.25) is 5.84 Å². The molecule has 0 bridgehead atoms. The molecule has 18 heavy (non-hydrogen) atoms. The molecule has 0 fully saturated rings. The first-order valence-electron chi connectivity index (χ1n) is 5.06. The summed E-state index contributed by atoms with van der Waals surface area (Å²) in [6, 6.07) is 3.12. The van der Waals surface area contributed by atoms with Crippen LogP contribution in [-0.4, -0.2) is 32.3 Å². The minimum Gasteiger partial charge on any atom is -0.480 e. The molecule has 8 nitrogen and oxygen atoms in total. The molecule has 96 valence electrons. The molecule has 0 saturated heterocycles. The second kappa shape index (κ2) is 5.38. The Labute approximate surface area is 112 Å². The molecule has 0 saturated carbocycles. The van der Waals surface area contributed by atoms with E-state index in [9.17, 15) is 0 Å². The summed E-state index contributed by atoms with van der Waals surface area (Å²) in [6.45, 7) is 0. The van der Waals surface area contributed by atoms with E-state index in [1.54, 1.807) is 23.9 Å². The number of ether oxygens (including phenoxy) is 1. The Morgan fingerprint density at radius 3 is 2.61 bits per heavy atom. The van der Waals surface area contributed by atoms with Crippen LogP contribution in [0, 0.1) is 0 Å². The maximum absolute atomic E-state index is 5.57. The number of nitrogens with zero attached hydrogens (tertiary/aromatic N) is 5. The van der Waals surface area contributed by atoms with Gasteiger partial charge in [0.25, 0.3) is 0 Å². The van der Waals surface area contributed by atoms with Crippen molar-refractivity contribution in [1.82, 2.24) is 30.6 Å². The Kier molecular flexibility index (Phi) is 3.84. The van der Waals surface area contributed by atoms with E-state index in [0.29, 0.717) is 16.2 Å². The Morgan fingerprint density at radius 1 is 1.39 bits per heavy atom. The molecule has 2 rings (SSSR count). The van der Waals surface area contributed by atoms with Crippen LogP contribution < -0.4 is 16.0 Å². The normalized spacial score (nSPS) is 12.4. The van der Waals surface area contributed by atoms with E-state index in [-0.39, 0.29) is 6.04 Å². The van der Waals surface area contributed by atoms with Gasteiger partial charge < -0.3 is 4.74 Å². The fraction of sp³-hybridized carbons (Fsp3) is 0.333. The minimum atomic E-state index is -0.363. The Balaban J connectivity index is 2.39. The first kappa shape index (κ1) is 12.9. The Morgan fingerprint density at radius 2 is 2.17 bits per heavy atom. The fourth-order valence-corrected chi connectivity index (χ4v) is 2.10. The van der Waals surface area contributed by atoms with Crippen molar-refractivity contribution in [3.8, 4) is 5.88 Å². The van der Waals surface area contributed by atoms with Gasteiger partial charge in [0.15, 0.2) is 4.60 Å². The third-order valence-corrected chi connectivity index (χ3v) is 3.00. The van der Waals surface area contributed by atoms with Gasteiger partial charge in [0.2, 0.25) is 5.88 Å². The van der Waals surface area contributed by atoms with Gasteiger partial charge in [0.1, 0.15) is 6.04 Å². The molecule has 0 amide bonds. The first-order chi connectivity index (χ1) is 8.67. The van der Waals surface area contributed by atoms with Gasteiger partial charge in [-0.1, -0.05) is 5.21 Å². The second-order valence-electron chi connectivity index (χ2n) is 3.49. The monoisotopic (exact) mass is 313 g/mol. The van der Waals surface area contributed by atoms with Crippen LogP contribution in [0.15, 0.2) is 16.7 Å². The summed E-state index contributed by atoms with van der Waals surface area (Å²) in [6.07, 6.45) is 0. The van der Waals surface area contributed by atoms with Gasteiger partial charge in [0, 0.05) is 13.1 Å². The highest BCUT2D eigenvalue weighted by molar-refractivity contribution is 9.10. The number of hydrogen-bond donors (Lipinski definition) is 2. The van der Waals surface area contributed by atoms with Gasteiger partial charge in [0.05, 0.1) is 18.5 Å². The highest BCUT2D eigenvalue weighted by Gasteiger charge is 2.22. The lowest BCUT2D eigenvalue weighted by molar-refractivity contribution is 0.390. The van der Waals surface area contributed by atoms with Gasteiger partial charge in [-0.25, -0.2) is 10.1 Å². The lowest BCUT2D eigenvalue weighted by atomic mass is 10.1. The number of nitrogens with one attached hydrogen (secondary N) is 1. The lowest BCUT2D eigenvalue weighted by Crippen LogP contribution is -2.31. The SMILES string of the molecule is COc1ccc(C(NN)c2c(Br)nnn2C)nn1. The molecule has 0 spiro atoms. The number of hydrogen-bond acceptors (Lipinski definition) is 7. The summed E-state index contributed by atoms with van der Waals surface area (Å²) in [7, 11) is 3.30. The summed E-state index contributed by atoms with van der Waals surface area (Å²) >= 11 is 3.32. The fourth-order valence-electron chi connectivity index (χ4n) is 1.54. The van der Waals surface area contributed by atoms with Crippen LogP contribution in [0.1, 0.15) is 17.4 Å². The van der Waals surface area contributed by atoms with Crippen molar-refractivity contribution in [2.75, 3.05) is 7.11 Å². The molecule has 1 unspecified atom stereocenters. The average molecular weight is 314 g/mol. The number of halogens is 1. The number of nitrogens with two attached hydrogens (primary N) is 1. The van der Waals surface area contributed by atoms with E-state index < -0.39 is 0 Å². The lowest BCUT2D eigenvalue weighted by Gasteiger charge is -2.15. The zero-order valence-corrected chi connectivity index (χ0v) is 11.4. The molecule has 2 aromatic heterocycles. The largest absolute Gasteiger partial charge is 0.480 e. The van der Waals surface area contributed by atoms with Gasteiger partial charge in [-0.2, -0.15) is 0 Å². The molecule has 0 aliphatic carbocycles. The number of aryl methyl sites for hydroxylation is 1. The van der Waals surface area contributed by atoms with E-state index in [1.165, 1.54) is 7.11 Å². The number of methoxy groups -OCH3 is 1. The highest BCUT2D eigenvalue weighted by Crippen LogP contribution is 2.24. The topological polar surface area (TPSA) is 104 Å². The van der Waals surface area contributed by atoms with Gasteiger partial charge in [-0.15, -0.1) is 15.3 Å². The Bertz CT molecular complexity index is 507. The molecule has 1 atom stereocenters. The predicted octanol–water partition coefficient (Wildman–Crippen LogP) is -0.0711. The van der Waals surface area contributed by atoms with Crippen LogP contribution in [0.3, 0.4) is 0 Å². The van der Waals surface area contributed by atoms with Crippen LogP contribution in [0.5, 0.6) is 5.88 Å². The maximum Gasteiger partial charge on any atom is 0.233 e. The molecular formula is C9H12BrN7O. The van der Waals surface area contributed by atoms with E-state index in [4.69, 9.17) is 10.6 Å². The van der Waals surface area contributed by atoms with Crippen molar-refractivity contribution < 1.29 is 4.74 Å². The van der Waals surface area contributed by atoms with E-state index in [2.05, 4.69) is 41.9 Å². The molecule has 0 aliphatic rings. The highest BCUT2D eigenvalue weighted by atomic mass is 79.9. The summed E-state index contributed by atoms with van der Waals surface area (Å²) in [4.78, 5) is 0. The predicted molar refractivity (Wildman–Crippen MR) is 66.5 cm³/mol. The van der Waals surface area contributed by atoms with E-state index >= 15 is 0 Å². The van der Waals surface area contributed by atoms with Crippen LogP contribution >= 0.6 is 15.9 Å².